The minimum Gasteiger partial charge on any atom is -0.302 e. The number of hydrogen-bond donors (Lipinski definition) is 1. The van der Waals surface area contributed by atoms with Crippen LogP contribution < -0.4 is 5.32 Å². The van der Waals surface area contributed by atoms with Gasteiger partial charge in [-0.3, -0.25) is 0 Å². The summed E-state index contributed by atoms with van der Waals surface area (Å²) in [6.45, 7) is 3.99. The number of aryl methyl sites for hydroxylation is 1. The topological polar surface area (TPSA) is 12.0 Å². The molecule has 0 aromatic carbocycles. The van der Waals surface area contributed by atoms with Crippen molar-refractivity contribution < 1.29 is 13.2 Å². The molecule has 1 aromatic rings. The van der Waals surface area contributed by atoms with Gasteiger partial charge in [0, 0.05) is 4.88 Å². The molecule has 0 amide bonds. The molecule has 0 saturated carbocycles. The Hall–Kier alpha value is -0.0700. The number of halogens is 4. The summed E-state index contributed by atoms with van der Waals surface area (Å²) in [6, 6.07) is 0.0256. The van der Waals surface area contributed by atoms with Crippen LogP contribution in [-0.4, -0.2) is 12.7 Å². The lowest BCUT2D eigenvalue weighted by atomic mass is 10.2. The van der Waals surface area contributed by atoms with Gasteiger partial charge >= 0.3 is 6.18 Å². The van der Waals surface area contributed by atoms with E-state index in [1.54, 1.807) is 13.0 Å². The van der Waals surface area contributed by atoms with E-state index in [1.165, 1.54) is 0 Å². The lowest BCUT2D eigenvalue weighted by molar-refractivity contribution is -0.156. The highest BCUT2D eigenvalue weighted by atomic mass is 79.9. The van der Waals surface area contributed by atoms with Crippen LogP contribution in [-0.2, 0) is 0 Å². The van der Waals surface area contributed by atoms with E-state index < -0.39 is 12.2 Å². The molecule has 1 heterocycles. The molecule has 0 aliphatic heterocycles. The van der Waals surface area contributed by atoms with Crippen LogP contribution in [0.5, 0.6) is 0 Å². The van der Waals surface area contributed by atoms with Gasteiger partial charge in [0.25, 0.3) is 0 Å². The number of hydrogen-bond acceptors (Lipinski definition) is 2. The summed E-state index contributed by atoms with van der Waals surface area (Å²) >= 11 is 4.38. The lowest BCUT2D eigenvalue weighted by Gasteiger charge is -2.20. The fourth-order valence-corrected chi connectivity index (χ4v) is 2.96. The first kappa shape index (κ1) is 14.0. The van der Waals surface area contributed by atoms with Crippen LogP contribution in [0.1, 0.15) is 29.8 Å². The van der Waals surface area contributed by atoms with Gasteiger partial charge in [0.2, 0.25) is 0 Å². The largest absolute Gasteiger partial charge is 0.408 e. The second-order valence-electron chi connectivity index (χ2n) is 3.53. The van der Waals surface area contributed by atoms with E-state index in [2.05, 4.69) is 21.2 Å². The second kappa shape index (κ2) is 5.51. The first-order valence-corrected chi connectivity index (χ1v) is 6.53. The maximum absolute atomic E-state index is 12.8. The zero-order chi connectivity index (χ0) is 12.3. The van der Waals surface area contributed by atoms with E-state index in [9.17, 15) is 13.2 Å². The van der Waals surface area contributed by atoms with Crippen LogP contribution in [0.2, 0.25) is 0 Å². The van der Waals surface area contributed by atoms with Gasteiger partial charge in [0.1, 0.15) is 6.04 Å². The highest BCUT2D eigenvalue weighted by molar-refractivity contribution is 9.11. The van der Waals surface area contributed by atoms with Crippen molar-refractivity contribution in [1.82, 2.24) is 5.32 Å². The third-order valence-electron chi connectivity index (χ3n) is 2.09. The normalized spacial score (nSPS) is 14.1. The van der Waals surface area contributed by atoms with E-state index in [0.29, 0.717) is 17.8 Å². The third-order valence-corrected chi connectivity index (χ3v) is 4.29. The van der Waals surface area contributed by atoms with Crippen molar-refractivity contribution in [1.29, 1.82) is 0 Å². The highest BCUT2D eigenvalue weighted by Gasteiger charge is 2.41. The Labute approximate surface area is 105 Å². The Morgan fingerprint density at radius 2 is 2.12 bits per heavy atom. The van der Waals surface area contributed by atoms with Crippen molar-refractivity contribution in [3.63, 3.8) is 0 Å². The maximum Gasteiger partial charge on any atom is 0.408 e. The van der Waals surface area contributed by atoms with Gasteiger partial charge in [-0.2, -0.15) is 13.2 Å². The van der Waals surface area contributed by atoms with Crippen molar-refractivity contribution in [2.24, 2.45) is 0 Å². The molecule has 1 atom stereocenters. The molecule has 1 nitrogen and oxygen atoms in total. The molecule has 1 aromatic heterocycles. The smallest absolute Gasteiger partial charge is 0.302 e. The summed E-state index contributed by atoms with van der Waals surface area (Å²) in [5, 5.41) is 2.53. The van der Waals surface area contributed by atoms with Crippen molar-refractivity contribution in [2.45, 2.75) is 32.5 Å². The molecule has 0 aliphatic carbocycles. The van der Waals surface area contributed by atoms with Gasteiger partial charge in [-0.25, -0.2) is 0 Å². The quantitative estimate of drug-likeness (QED) is 0.867. The van der Waals surface area contributed by atoms with Crippen molar-refractivity contribution in [3.05, 3.63) is 20.3 Å². The fraction of sp³-hybridized carbons (Fsp3) is 0.600. The van der Waals surface area contributed by atoms with Gasteiger partial charge in [-0.15, -0.1) is 11.3 Å². The molecule has 1 N–H and O–H groups in total. The van der Waals surface area contributed by atoms with Gasteiger partial charge in [-0.1, -0.05) is 6.92 Å². The molecule has 92 valence electrons. The molecule has 0 bridgehead atoms. The zero-order valence-electron chi connectivity index (χ0n) is 8.99. The summed E-state index contributed by atoms with van der Waals surface area (Å²) < 4.78 is 39.2. The Bertz CT molecular complexity index is 329. The molecular formula is C10H13BrF3NS. The van der Waals surface area contributed by atoms with Gasteiger partial charge < -0.3 is 5.32 Å². The summed E-state index contributed by atoms with van der Waals surface area (Å²) in [7, 11) is 0. The van der Waals surface area contributed by atoms with Crippen LogP contribution in [0, 0.1) is 6.92 Å². The number of thiophene rings is 1. The monoisotopic (exact) mass is 315 g/mol. The minimum atomic E-state index is -4.24. The Kier molecular flexibility index (Phi) is 4.82. The molecular weight excluding hydrogens is 303 g/mol. The minimum absolute atomic E-state index is 0.310. The molecule has 0 radical (unpaired) electrons. The molecule has 16 heavy (non-hydrogen) atoms. The van der Waals surface area contributed by atoms with Crippen LogP contribution >= 0.6 is 27.3 Å². The maximum atomic E-state index is 12.8. The van der Waals surface area contributed by atoms with Crippen LogP contribution in [0.25, 0.3) is 0 Å². The SMILES string of the molecule is CCCNC(c1cc(C)c(Br)s1)C(F)(F)F. The first-order chi connectivity index (χ1) is 7.36. The van der Waals surface area contributed by atoms with Gasteiger partial charge in [-0.05, 0) is 47.4 Å². The lowest BCUT2D eigenvalue weighted by Crippen LogP contribution is -2.34. The highest BCUT2D eigenvalue weighted by Crippen LogP contribution is 2.39. The van der Waals surface area contributed by atoms with E-state index in [0.717, 1.165) is 20.7 Å². The molecule has 0 spiro atoms. The predicted octanol–water partition coefficient (Wildman–Crippen LogP) is 4.42. The first-order valence-electron chi connectivity index (χ1n) is 4.92. The van der Waals surface area contributed by atoms with Gasteiger partial charge in [0.05, 0.1) is 3.79 Å². The Balaban J connectivity index is 2.92. The average molecular weight is 316 g/mol. The zero-order valence-corrected chi connectivity index (χ0v) is 11.4. The molecule has 1 rings (SSSR count). The van der Waals surface area contributed by atoms with Crippen molar-refractivity contribution in [3.8, 4) is 0 Å². The standard InChI is InChI=1S/C10H13BrF3NS/c1-3-4-15-8(10(12,13)14)7-5-6(2)9(11)16-7/h5,8,15H,3-4H2,1-2H3. The van der Waals surface area contributed by atoms with E-state index in [-0.39, 0.29) is 0 Å². The predicted molar refractivity (Wildman–Crippen MR) is 63.8 cm³/mol. The van der Waals surface area contributed by atoms with Crippen LogP contribution in [0.3, 0.4) is 0 Å². The van der Waals surface area contributed by atoms with E-state index in [1.807, 2.05) is 6.92 Å². The van der Waals surface area contributed by atoms with E-state index in [4.69, 9.17) is 0 Å². The van der Waals surface area contributed by atoms with Crippen LogP contribution in [0.4, 0.5) is 13.2 Å². The molecule has 0 aliphatic rings. The summed E-state index contributed by atoms with van der Waals surface area (Å²) in [5.74, 6) is 0. The number of alkyl halides is 3. The van der Waals surface area contributed by atoms with Crippen LogP contribution in [0.15, 0.2) is 9.85 Å². The summed E-state index contributed by atoms with van der Waals surface area (Å²) in [6.07, 6.45) is -3.57. The molecule has 6 heteroatoms. The third kappa shape index (κ3) is 3.46. The van der Waals surface area contributed by atoms with Crippen molar-refractivity contribution >= 4 is 27.3 Å². The molecule has 0 fully saturated rings. The van der Waals surface area contributed by atoms with Crippen molar-refractivity contribution in [2.75, 3.05) is 6.54 Å². The number of rotatable bonds is 4. The van der Waals surface area contributed by atoms with E-state index >= 15 is 0 Å². The molecule has 0 saturated heterocycles. The summed E-state index contributed by atoms with van der Waals surface area (Å²) in [5.41, 5.74) is 0.840. The average Bonchev–Trinajstić information content (AvgIpc) is 2.45. The Morgan fingerprint density at radius 1 is 1.50 bits per heavy atom. The fourth-order valence-electron chi connectivity index (χ4n) is 1.29. The second-order valence-corrected chi connectivity index (χ2v) is 5.94. The Morgan fingerprint density at radius 3 is 2.50 bits per heavy atom. The summed E-state index contributed by atoms with van der Waals surface area (Å²) in [4.78, 5) is 0.310. The number of nitrogens with one attached hydrogen (secondary N) is 1. The van der Waals surface area contributed by atoms with Gasteiger partial charge in [0.15, 0.2) is 0 Å². The molecule has 1 unspecified atom stereocenters.